The first-order valence-corrected chi connectivity index (χ1v) is 5.51. The summed E-state index contributed by atoms with van der Waals surface area (Å²) in [4.78, 5) is 11.8. The average molecular weight is 222 g/mol. The molecule has 2 rings (SSSR count). The summed E-state index contributed by atoms with van der Waals surface area (Å²) >= 11 is 0. The summed E-state index contributed by atoms with van der Waals surface area (Å²) in [7, 11) is -3.58. The van der Waals surface area contributed by atoms with Crippen molar-refractivity contribution >= 4 is 16.4 Å². The zero-order valence-corrected chi connectivity index (χ0v) is 8.11. The van der Waals surface area contributed by atoms with Crippen molar-refractivity contribution in [3.8, 4) is 0 Å². The lowest BCUT2D eigenvalue weighted by atomic mass is 10.2. The highest BCUT2D eigenvalue weighted by Gasteiger charge is 2.43. The van der Waals surface area contributed by atoms with Gasteiger partial charge in [-0.15, -0.1) is 0 Å². The Morgan fingerprint density at radius 2 is 2.14 bits per heavy atom. The highest BCUT2D eigenvalue weighted by atomic mass is 32.2. The SMILES string of the molecule is O=C(O)N1CCN2[C@@H](COS2(=O)=O)C1. The Morgan fingerprint density at radius 1 is 1.43 bits per heavy atom. The fourth-order valence-electron chi connectivity index (χ4n) is 1.67. The lowest BCUT2D eigenvalue weighted by molar-refractivity contribution is 0.108. The lowest BCUT2D eigenvalue weighted by Gasteiger charge is -2.32. The number of carboxylic acid groups (broad SMARTS) is 1. The summed E-state index contributed by atoms with van der Waals surface area (Å²) in [5, 5.41) is 8.71. The summed E-state index contributed by atoms with van der Waals surface area (Å²) in [6.07, 6.45) is -1.02. The smallest absolute Gasteiger partial charge is 0.407 e. The molecule has 0 radical (unpaired) electrons. The second-order valence-corrected chi connectivity index (χ2v) is 4.80. The minimum absolute atomic E-state index is 0.0477. The van der Waals surface area contributed by atoms with Crippen molar-refractivity contribution in [2.75, 3.05) is 26.2 Å². The van der Waals surface area contributed by atoms with E-state index in [4.69, 9.17) is 5.11 Å². The molecule has 7 nitrogen and oxygen atoms in total. The van der Waals surface area contributed by atoms with E-state index in [1.165, 1.54) is 9.21 Å². The Labute approximate surface area is 81.1 Å². The lowest BCUT2D eigenvalue weighted by Crippen LogP contribution is -2.53. The molecule has 0 aromatic heterocycles. The fraction of sp³-hybridized carbons (Fsp3) is 0.833. The van der Waals surface area contributed by atoms with Gasteiger partial charge < -0.3 is 10.0 Å². The molecule has 0 spiro atoms. The molecule has 2 fully saturated rings. The standard InChI is InChI=1S/C6H10N2O5S/c9-6(10)7-1-2-8-5(3-7)4-13-14(8,11)12/h5H,1-4H2,(H,9,10)/t5-/m1/s1. The molecule has 80 valence electrons. The maximum absolute atomic E-state index is 11.2. The highest BCUT2D eigenvalue weighted by Crippen LogP contribution is 2.22. The summed E-state index contributed by atoms with van der Waals surface area (Å²) in [5.74, 6) is 0. The Bertz CT molecular complexity index is 353. The van der Waals surface area contributed by atoms with Crippen molar-refractivity contribution in [2.45, 2.75) is 6.04 Å². The number of nitrogens with zero attached hydrogens (tertiary/aromatic N) is 2. The Hall–Kier alpha value is -0.860. The second-order valence-electron chi connectivity index (χ2n) is 3.24. The largest absolute Gasteiger partial charge is 0.465 e. The van der Waals surface area contributed by atoms with Crippen LogP contribution >= 0.6 is 0 Å². The predicted octanol–water partition coefficient (Wildman–Crippen LogP) is -1.07. The van der Waals surface area contributed by atoms with Crippen LogP contribution in [0, 0.1) is 0 Å². The van der Waals surface area contributed by atoms with Crippen molar-refractivity contribution in [2.24, 2.45) is 0 Å². The number of hydrogen-bond acceptors (Lipinski definition) is 4. The summed E-state index contributed by atoms with van der Waals surface area (Å²) in [6.45, 7) is 0.619. The summed E-state index contributed by atoms with van der Waals surface area (Å²) in [6, 6.07) is -0.357. The zero-order valence-electron chi connectivity index (χ0n) is 7.29. The van der Waals surface area contributed by atoms with Crippen molar-refractivity contribution in [3.05, 3.63) is 0 Å². The minimum Gasteiger partial charge on any atom is -0.465 e. The van der Waals surface area contributed by atoms with Crippen LogP contribution in [0.15, 0.2) is 0 Å². The first-order chi connectivity index (χ1) is 6.50. The van der Waals surface area contributed by atoms with Crippen LogP contribution in [0.25, 0.3) is 0 Å². The molecule has 2 saturated heterocycles. The molecular formula is C6H10N2O5S. The van der Waals surface area contributed by atoms with E-state index >= 15 is 0 Å². The number of amides is 1. The molecule has 0 aliphatic carbocycles. The van der Waals surface area contributed by atoms with Gasteiger partial charge in [-0.2, -0.15) is 12.7 Å². The van der Waals surface area contributed by atoms with Gasteiger partial charge >= 0.3 is 16.4 Å². The van der Waals surface area contributed by atoms with Gasteiger partial charge in [0, 0.05) is 19.6 Å². The maximum atomic E-state index is 11.2. The van der Waals surface area contributed by atoms with E-state index in [1.54, 1.807) is 0 Å². The molecule has 2 aliphatic rings. The predicted molar refractivity (Wildman–Crippen MR) is 45.0 cm³/mol. The molecule has 1 N–H and O–H groups in total. The quantitative estimate of drug-likeness (QED) is 0.563. The normalized spacial score (nSPS) is 31.4. The number of fused-ring (bicyclic) bond motifs is 1. The number of carbonyl (C=O) groups is 1. The molecule has 0 aromatic carbocycles. The van der Waals surface area contributed by atoms with E-state index in [0.29, 0.717) is 0 Å². The molecule has 0 bridgehead atoms. The number of rotatable bonds is 0. The van der Waals surface area contributed by atoms with Gasteiger partial charge in [-0.25, -0.2) is 4.79 Å². The molecule has 0 unspecified atom stereocenters. The molecule has 2 heterocycles. The highest BCUT2D eigenvalue weighted by molar-refractivity contribution is 7.84. The molecule has 1 amide bonds. The van der Waals surface area contributed by atoms with E-state index in [1.807, 2.05) is 0 Å². The van der Waals surface area contributed by atoms with E-state index in [2.05, 4.69) is 4.18 Å². The Balaban J connectivity index is 2.12. The van der Waals surface area contributed by atoms with Gasteiger partial charge in [0.05, 0.1) is 12.6 Å². The van der Waals surface area contributed by atoms with Gasteiger partial charge in [-0.05, 0) is 0 Å². The maximum Gasteiger partial charge on any atom is 0.407 e. The number of piperazine rings is 1. The monoisotopic (exact) mass is 222 g/mol. The van der Waals surface area contributed by atoms with E-state index < -0.39 is 16.4 Å². The van der Waals surface area contributed by atoms with Crippen molar-refractivity contribution < 1.29 is 22.5 Å². The fourth-order valence-corrected chi connectivity index (χ4v) is 2.94. The molecule has 14 heavy (non-hydrogen) atoms. The van der Waals surface area contributed by atoms with Crippen LogP contribution < -0.4 is 0 Å². The van der Waals surface area contributed by atoms with Gasteiger partial charge in [0.2, 0.25) is 0 Å². The molecule has 0 aromatic rings. The van der Waals surface area contributed by atoms with Crippen molar-refractivity contribution in [1.29, 1.82) is 0 Å². The Morgan fingerprint density at radius 3 is 2.79 bits per heavy atom. The van der Waals surface area contributed by atoms with Crippen LogP contribution in [-0.2, 0) is 14.5 Å². The van der Waals surface area contributed by atoms with Crippen LogP contribution in [0.4, 0.5) is 4.79 Å². The van der Waals surface area contributed by atoms with Gasteiger partial charge in [-0.3, -0.25) is 4.18 Å². The third kappa shape index (κ3) is 1.45. The first kappa shape index (κ1) is 9.69. The van der Waals surface area contributed by atoms with Gasteiger partial charge in [0.25, 0.3) is 0 Å². The third-order valence-corrected chi connectivity index (χ3v) is 3.88. The van der Waals surface area contributed by atoms with E-state index in [0.717, 1.165) is 0 Å². The summed E-state index contributed by atoms with van der Waals surface area (Å²) in [5.41, 5.74) is 0. The summed E-state index contributed by atoms with van der Waals surface area (Å²) < 4.78 is 28.2. The third-order valence-electron chi connectivity index (χ3n) is 2.40. The van der Waals surface area contributed by atoms with Crippen molar-refractivity contribution in [3.63, 3.8) is 0 Å². The van der Waals surface area contributed by atoms with Crippen LogP contribution in [0.1, 0.15) is 0 Å². The molecule has 2 aliphatic heterocycles. The van der Waals surface area contributed by atoms with Gasteiger partial charge in [0.1, 0.15) is 0 Å². The topological polar surface area (TPSA) is 87.2 Å². The Kier molecular flexibility index (Phi) is 2.13. The first-order valence-electron chi connectivity index (χ1n) is 4.15. The van der Waals surface area contributed by atoms with Crippen LogP contribution in [0.2, 0.25) is 0 Å². The zero-order chi connectivity index (χ0) is 10.3. The van der Waals surface area contributed by atoms with Crippen LogP contribution in [-0.4, -0.2) is 61.1 Å². The van der Waals surface area contributed by atoms with Crippen molar-refractivity contribution in [1.82, 2.24) is 9.21 Å². The van der Waals surface area contributed by atoms with Gasteiger partial charge in [-0.1, -0.05) is 0 Å². The minimum atomic E-state index is -3.58. The molecule has 1 atom stereocenters. The molecule has 8 heteroatoms. The van der Waals surface area contributed by atoms with Crippen LogP contribution in [0.5, 0.6) is 0 Å². The average Bonchev–Trinajstić information content (AvgIpc) is 2.42. The van der Waals surface area contributed by atoms with Gasteiger partial charge in [0.15, 0.2) is 0 Å². The van der Waals surface area contributed by atoms with E-state index in [-0.39, 0.29) is 32.3 Å². The molecular weight excluding hydrogens is 212 g/mol. The number of hydrogen-bond donors (Lipinski definition) is 1. The van der Waals surface area contributed by atoms with Crippen LogP contribution in [0.3, 0.4) is 0 Å². The second kappa shape index (κ2) is 3.07. The van der Waals surface area contributed by atoms with E-state index in [9.17, 15) is 13.2 Å². The molecule has 0 saturated carbocycles.